The average molecular weight is 495 g/mol. The van der Waals surface area contributed by atoms with E-state index in [9.17, 15) is 9.59 Å². The first-order valence-electron chi connectivity index (χ1n) is 12.3. The number of hydrazone groups is 1. The molecule has 0 aliphatic carbocycles. The van der Waals surface area contributed by atoms with Crippen LogP contribution in [0.25, 0.3) is 0 Å². The molecule has 2 heterocycles. The molecule has 0 spiro atoms. The van der Waals surface area contributed by atoms with Gasteiger partial charge < -0.3 is 19.1 Å². The molecule has 192 valence electrons. The maximum absolute atomic E-state index is 13.6. The van der Waals surface area contributed by atoms with E-state index in [1.54, 1.807) is 31.1 Å². The molecule has 2 aromatic rings. The summed E-state index contributed by atoms with van der Waals surface area (Å²) >= 11 is 0. The van der Waals surface area contributed by atoms with Gasteiger partial charge in [0, 0.05) is 44.2 Å². The molecule has 2 aliphatic rings. The quantitative estimate of drug-likeness (QED) is 0.586. The molecule has 2 amide bonds. The summed E-state index contributed by atoms with van der Waals surface area (Å²) in [6, 6.07) is 13.5. The minimum Gasteiger partial charge on any atom is -0.497 e. The van der Waals surface area contributed by atoms with Crippen LogP contribution in [0, 0.1) is 6.92 Å². The zero-order valence-electron chi connectivity index (χ0n) is 21.4. The fourth-order valence-corrected chi connectivity index (χ4v) is 4.64. The van der Waals surface area contributed by atoms with E-state index in [0.29, 0.717) is 50.7 Å². The molecule has 0 saturated carbocycles. The number of piperazine rings is 1. The second-order valence-corrected chi connectivity index (χ2v) is 8.94. The van der Waals surface area contributed by atoms with E-state index in [0.717, 1.165) is 22.4 Å². The molecule has 1 atom stereocenters. The SMILES string of the molecule is CCOC(=O)N1CCN(CC(=O)N2N=C(c3cccc(C)c3)CC2c2ccc(OC)cc2OC)CC1. The van der Waals surface area contributed by atoms with Crippen molar-refractivity contribution in [3.63, 3.8) is 0 Å². The molecule has 2 aromatic carbocycles. The summed E-state index contributed by atoms with van der Waals surface area (Å²) in [6.07, 6.45) is 0.274. The molecule has 9 heteroatoms. The number of hydrogen-bond acceptors (Lipinski definition) is 7. The van der Waals surface area contributed by atoms with E-state index >= 15 is 0 Å². The molecule has 0 N–H and O–H groups in total. The fourth-order valence-electron chi connectivity index (χ4n) is 4.64. The summed E-state index contributed by atoms with van der Waals surface area (Å²) in [4.78, 5) is 29.3. The zero-order chi connectivity index (χ0) is 25.7. The third kappa shape index (κ3) is 5.62. The Morgan fingerprint density at radius 1 is 1.03 bits per heavy atom. The van der Waals surface area contributed by atoms with Gasteiger partial charge in [0.15, 0.2) is 0 Å². The number of carbonyl (C=O) groups excluding carboxylic acids is 2. The van der Waals surface area contributed by atoms with Crippen LogP contribution in [0.4, 0.5) is 4.79 Å². The number of nitrogens with zero attached hydrogens (tertiary/aromatic N) is 4. The molecule has 1 saturated heterocycles. The summed E-state index contributed by atoms with van der Waals surface area (Å²) < 4.78 is 16.1. The van der Waals surface area contributed by atoms with E-state index in [1.807, 2.05) is 43.3 Å². The molecule has 4 rings (SSSR count). The van der Waals surface area contributed by atoms with E-state index < -0.39 is 0 Å². The van der Waals surface area contributed by atoms with Gasteiger partial charge in [-0.3, -0.25) is 9.69 Å². The summed E-state index contributed by atoms with van der Waals surface area (Å²) in [7, 11) is 3.23. The number of hydrogen-bond donors (Lipinski definition) is 0. The molecular formula is C27H34N4O5. The highest BCUT2D eigenvalue weighted by Gasteiger charge is 2.36. The van der Waals surface area contributed by atoms with Gasteiger partial charge in [-0.2, -0.15) is 5.10 Å². The van der Waals surface area contributed by atoms with Crippen molar-refractivity contribution in [3.05, 3.63) is 59.2 Å². The third-order valence-corrected chi connectivity index (χ3v) is 6.57. The van der Waals surface area contributed by atoms with Gasteiger partial charge in [-0.15, -0.1) is 0 Å². The van der Waals surface area contributed by atoms with Crippen molar-refractivity contribution in [1.82, 2.24) is 14.8 Å². The van der Waals surface area contributed by atoms with Crippen molar-refractivity contribution in [3.8, 4) is 11.5 Å². The van der Waals surface area contributed by atoms with E-state index in [2.05, 4.69) is 11.0 Å². The molecule has 9 nitrogen and oxygen atoms in total. The van der Waals surface area contributed by atoms with Crippen molar-refractivity contribution in [2.75, 3.05) is 53.6 Å². The Morgan fingerprint density at radius 2 is 1.81 bits per heavy atom. The monoisotopic (exact) mass is 494 g/mol. The van der Waals surface area contributed by atoms with Crippen LogP contribution >= 0.6 is 0 Å². The lowest BCUT2D eigenvalue weighted by Gasteiger charge is -2.34. The van der Waals surface area contributed by atoms with Crippen LogP contribution in [0.1, 0.15) is 36.1 Å². The first kappa shape index (κ1) is 25.5. The maximum atomic E-state index is 13.6. The minimum atomic E-state index is -0.304. The predicted octanol–water partition coefficient (Wildman–Crippen LogP) is 3.46. The van der Waals surface area contributed by atoms with Crippen LogP contribution in [0.3, 0.4) is 0 Å². The van der Waals surface area contributed by atoms with Crippen LogP contribution in [-0.2, 0) is 9.53 Å². The number of aryl methyl sites for hydroxylation is 1. The van der Waals surface area contributed by atoms with Gasteiger partial charge in [-0.25, -0.2) is 9.80 Å². The number of rotatable bonds is 7. The highest BCUT2D eigenvalue weighted by atomic mass is 16.6. The maximum Gasteiger partial charge on any atom is 0.409 e. The summed E-state index contributed by atoms with van der Waals surface area (Å²) in [5.41, 5.74) is 3.89. The third-order valence-electron chi connectivity index (χ3n) is 6.57. The smallest absolute Gasteiger partial charge is 0.409 e. The Labute approximate surface area is 212 Å². The van der Waals surface area contributed by atoms with Crippen LogP contribution in [0.2, 0.25) is 0 Å². The normalized spacial score (nSPS) is 18.1. The summed E-state index contributed by atoms with van der Waals surface area (Å²) in [5.74, 6) is 1.25. The van der Waals surface area contributed by atoms with Crippen molar-refractivity contribution >= 4 is 17.7 Å². The first-order chi connectivity index (χ1) is 17.4. The van der Waals surface area contributed by atoms with Gasteiger partial charge in [0.1, 0.15) is 11.5 Å². The molecule has 0 radical (unpaired) electrons. The molecule has 1 fully saturated rings. The van der Waals surface area contributed by atoms with Gasteiger partial charge in [-0.05, 0) is 31.5 Å². The molecule has 1 unspecified atom stereocenters. The first-order valence-corrected chi connectivity index (χ1v) is 12.3. The van der Waals surface area contributed by atoms with Crippen molar-refractivity contribution < 1.29 is 23.8 Å². The number of methoxy groups -OCH3 is 2. The molecule has 36 heavy (non-hydrogen) atoms. The highest BCUT2D eigenvalue weighted by Crippen LogP contribution is 2.39. The van der Waals surface area contributed by atoms with Gasteiger partial charge in [0.25, 0.3) is 5.91 Å². The van der Waals surface area contributed by atoms with Crippen LogP contribution < -0.4 is 9.47 Å². The topological polar surface area (TPSA) is 83.9 Å². The molecule has 0 aromatic heterocycles. The van der Waals surface area contributed by atoms with E-state index in [4.69, 9.17) is 19.3 Å². The number of carbonyl (C=O) groups is 2. The van der Waals surface area contributed by atoms with Gasteiger partial charge >= 0.3 is 6.09 Å². The van der Waals surface area contributed by atoms with Crippen molar-refractivity contribution in [2.24, 2.45) is 5.10 Å². The predicted molar refractivity (Wildman–Crippen MR) is 137 cm³/mol. The highest BCUT2D eigenvalue weighted by molar-refractivity contribution is 6.03. The van der Waals surface area contributed by atoms with E-state index in [1.165, 1.54) is 0 Å². The minimum absolute atomic E-state index is 0.0925. The van der Waals surface area contributed by atoms with Crippen molar-refractivity contribution in [1.29, 1.82) is 0 Å². The Hall–Kier alpha value is -3.59. The lowest BCUT2D eigenvalue weighted by molar-refractivity contribution is -0.134. The van der Waals surface area contributed by atoms with Gasteiger partial charge in [0.2, 0.25) is 0 Å². The second kappa shape index (κ2) is 11.4. The standard InChI is InChI=1S/C27H34N4O5/c1-5-36-27(33)30-13-11-29(12-14-30)18-26(32)31-24(22-10-9-21(34-3)16-25(22)35-4)17-23(28-31)20-8-6-7-19(2)15-20/h6-10,15-16,24H,5,11-14,17-18H2,1-4H3. The second-order valence-electron chi connectivity index (χ2n) is 8.94. The van der Waals surface area contributed by atoms with Gasteiger partial charge in [0.05, 0.1) is 39.1 Å². The lowest BCUT2D eigenvalue weighted by atomic mass is 9.97. The van der Waals surface area contributed by atoms with Crippen LogP contribution in [-0.4, -0.2) is 86.1 Å². The zero-order valence-corrected chi connectivity index (χ0v) is 21.4. The van der Waals surface area contributed by atoms with Crippen LogP contribution in [0.15, 0.2) is 47.6 Å². The number of amides is 2. The van der Waals surface area contributed by atoms with E-state index in [-0.39, 0.29) is 24.6 Å². The average Bonchev–Trinajstić information content (AvgIpc) is 3.34. The summed E-state index contributed by atoms with van der Waals surface area (Å²) in [5, 5.41) is 6.41. The lowest BCUT2D eigenvalue weighted by Crippen LogP contribution is -2.51. The van der Waals surface area contributed by atoms with Crippen LogP contribution in [0.5, 0.6) is 11.5 Å². The number of benzene rings is 2. The number of ether oxygens (including phenoxy) is 3. The van der Waals surface area contributed by atoms with Crippen molar-refractivity contribution in [2.45, 2.75) is 26.3 Å². The molecular weight excluding hydrogens is 460 g/mol. The van der Waals surface area contributed by atoms with Gasteiger partial charge in [-0.1, -0.05) is 29.8 Å². The fraction of sp³-hybridized carbons (Fsp3) is 0.444. The molecule has 2 aliphatic heterocycles. The largest absolute Gasteiger partial charge is 0.497 e. The molecule has 0 bridgehead atoms. The Balaban J connectivity index is 1.55. The summed E-state index contributed by atoms with van der Waals surface area (Å²) in [6.45, 7) is 6.66. The Bertz CT molecular complexity index is 1130. The Kier molecular flexibility index (Phi) is 8.10. The Morgan fingerprint density at radius 3 is 2.47 bits per heavy atom.